The summed E-state index contributed by atoms with van der Waals surface area (Å²) in [6, 6.07) is 11.1. The predicted octanol–water partition coefficient (Wildman–Crippen LogP) is 2.17. The summed E-state index contributed by atoms with van der Waals surface area (Å²) < 4.78 is 0. The first-order valence-electron chi connectivity index (χ1n) is 5.15. The van der Waals surface area contributed by atoms with Crippen molar-refractivity contribution in [1.82, 2.24) is 4.98 Å². The number of rotatable bonds is 4. The maximum atomic E-state index is 8.99. The van der Waals surface area contributed by atoms with E-state index >= 15 is 0 Å². The van der Waals surface area contributed by atoms with Crippen LogP contribution in [-0.2, 0) is 11.4 Å². The molecular weight excluding hydrogens is 248 g/mol. The first kappa shape index (κ1) is 12.1. The molecule has 0 atom stereocenters. The van der Waals surface area contributed by atoms with E-state index in [0.717, 1.165) is 5.56 Å². The molecule has 0 fully saturated rings. The van der Waals surface area contributed by atoms with E-state index in [1.807, 2.05) is 24.3 Å². The highest BCUT2D eigenvalue weighted by atomic mass is 32.1. The topological polar surface area (TPSA) is 84.3 Å². The third-order valence-corrected chi connectivity index (χ3v) is 2.81. The number of benzene rings is 1. The quantitative estimate of drug-likeness (QED) is 0.672. The SMILES string of the molecule is N#CC(=NOCc1csc(N)n1)c1ccccc1. The molecule has 2 aromatic rings. The standard InChI is InChI=1S/C12H10N4OS/c13-6-11(9-4-2-1-3-5-9)16-17-7-10-8-18-12(14)15-10/h1-5,8H,7H2,(H2,14,15). The number of oxime groups is 1. The summed E-state index contributed by atoms with van der Waals surface area (Å²) in [6.07, 6.45) is 0. The number of nitrogens with zero attached hydrogens (tertiary/aromatic N) is 3. The summed E-state index contributed by atoms with van der Waals surface area (Å²) >= 11 is 1.34. The fraction of sp³-hybridized carbons (Fsp3) is 0.0833. The van der Waals surface area contributed by atoms with Crippen molar-refractivity contribution in [2.24, 2.45) is 5.16 Å². The van der Waals surface area contributed by atoms with Crippen LogP contribution in [0.5, 0.6) is 0 Å². The Kier molecular flexibility index (Phi) is 3.89. The van der Waals surface area contributed by atoms with E-state index in [2.05, 4.69) is 10.1 Å². The van der Waals surface area contributed by atoms with Crippen molar-refractivity contribution < 1.29 is 4.84 Å². The average Bonchev–Trinajstić information content (AvgIpc) is 2.81. The second kappa shape index (κ2) is 5.80. The maximum absolute atomic E-state index is 8.99. The number of nitrogen functional groups attached to an aromatic ring is 1. The zero-order valence-electron chi connectivity index (χ0n) is 9.41. The third kappa shape index (κ3) is 3.06. The highest BCUT2D eigenvalue weighted by Crippen LogP contribution is 2.12. The van der Waals surface area contributed by atoms with Gasteiger partial charge in [0.15, 0.2) is 17.5 Å². The van der Waals surface area contributed by atoms with Crippen LogP contribution in [-0.4, -0.2) is 10.7 Å². The van der Waals surface area contributed by atoms with Crippen LogP contribution in [0.15, 0.2) is 40.9 Å². The summed E-state index contributed by atoms with van der Waals surface area (Å²) in [5, 5.41) is 15.1. The van der Waals surface area contributed by atoms with Crippen LogP contribution in [0.4, 0.5) is 5.13 Å². The predicted molar refractivity (Wildman–Crippen MR) is 69.9 cm³/mol. The highest BCUT2D eigenvalue weighted by Gasteiger charge is 2.03. The summed E-state index contributed by atoms with van der Waals surface area (Å²) in [7, 11) is 0. The van der Waals surface area contributed by atoms with Crippen LogP contribution in [0.25, 0.3) is 0 Å². The molecule has 0 amide bonds. The van der Waals surface area contributed by atoms with Gasteiger partial charge in [-0.15, -0.1) is 11.3 Å². The Morgan fingerprint density at radius 2 is 2.22 bits per heavy atom. The van der Waals surface area contributed by atoms with E-state index in [1.165, 1.54) is 11.3 Å². The normalized spacial score (nSPS) is 10.9. The van der Waals surface area contributed by atoms with Crippen LogP contribution in [0.1, 0.15) is 11.3 Å². The Balaban J connectivity index is 2.02. The minimum Gasteiger partial charge on any atom is -0.388 e. The monoisotopic (exact) mass is 258 g/mol. The molecule has 18 heavy (non-hydrogen) atoms. The first-order chi connectivity index (χ1) is 8.79. The fourth-order valence-electron chi connectivity index (χ4n) is 1.29. The molecule has 90 valence electrons. The molecule has 0 bridgehead atoms. The van der Waals surface area contributed by atoms with Gasteiger partial charge in [-0.3, -0.25) is 0 Å². The van der Waals surface area contributed by atoms with E-state index in [9.17, 15) is 0 Å². The summed E-state index contributed by atoms with van der Waals surface area (Å²) in [5.41, 5.74) is 7.15. The first-order valence-corrected chi connectivity index (χ1v) is 6.03. The number of nitrogens with two attached hydrogens (primary N) is 1. The zero-order chi connectivity index (χ0) is 12.8. The zero-order valence-corrected chi connectivity index (χ0v) is 10.2. The van der Waals surface area contributed by atoms with Crippen LogP contribution in [0.3, 0.4) is 0 Å². The van der Waals surface area contributed by atoms with Crippen molar-refractivity contribution in [3.63, 3.8) is 0 Å². The molecular formula is C12H10N4OS. The molecule has 2 rings (SSSR count). The molecule has 6 heteroatoms. The number of hydrogen-bond acceptors (Lipinski definition) is 6. The van der Waals surface area contributed by atoms with Gasteiger partial charge in [-0.05, 0) is 0 Å². The molecule has 0 saturated heterocycles. The molecule has 0 aliphatic heterocycles. The van der Waals surface area contributed by atoms with Crippen molar-refractivity contribution in [2.75, 3.05) is 5.73 Å². The van der Waals surface area contributed by atoms with Gasteiger partial charge < -0.3 is 10.6 Å². The highest BCUT2D eigenvalue weighted by molar-refractivity contribution is 7.13. The lowest BCUT2D eigenvalue weighted by Gasteiger charge is -1.98. The molecule has 0 unspecified atom stereocenters. The van der Waals surface area contributed by atoms with E-state index in [0.29, 0.717) is 10.8 Å². The number of aromatic nitrogens is 1. The molecule has 0 aliphatic carbocycles. The third-order valence-electron chi connectivity index (χ3n) is 2.09. The molecule has 1 aromatic heterocycles. The van der Waals surface area contributed by atoms with Crippen LogP contribution in [0, 0.1) is 11.3 Å². The fourth-order valence-corrected chi connectivity index (χ4v) is 1.83. The van der Waals surface area contributed by atoms with E-state index in [4.69, 9.17) is 15.8 Å². The van der Waals surface area contributed by atoms with E-state index in [1.54, 1.807) is 17.5 Å². The summed E-state index contributed by atoms with van der Waals surface area (Å²) in [5.74, 6) is 0. The van der Waals surface area contributed by atoms with Crippen molar-refractivity contribution in [3.05, 3.63) is 47.0 Å². The van der Waals surface area contributed by atoms with Gasteiger partial charge in [-0.2, -0.15) is 5.26 Å². The molecule has 1 aromatic carbocycles. The van der Waals surface area contributed by atoms with Gasteiger partial charge in [0.2, 0.25) is 0 Å². The number of thiazole rings is 1. The molecule has 1 heterocycles. The minimum absolute atomic E-state index is 0.200. The van der Waals surface area contributed by atoms with Crippen molar-refractivity contribution >= 4 is 22.2 Å². The van der Waals surface area contributed by atoms with Gasteiger partial charge in [0.1, 0.15) is 6.07 Å². The van der Waals surface area contributed by atoms with E-state index < -0.39 is 0 Å². The van der Waals surface area contributed by atoms with Crippen molar-refractivity contribution in [3.8, 4) is 6.07 Å². The van der Waals surface area contributed by atoms with E-state index in [-0.39, 0.29) is 12.3 Å². The lowest BCUT2D eigenvalue weighted by Crippen LogP contribution is -1.99. The summed E-state index contributed by atoms with van der Waals surface area (Å²) in [6.45, 7) is 0.200. The van der Waals surface area contributed by atoms with Gasteiger partial charge in [0.25, 0.3) is 0 Å². The van der Waals surface area contributed by atoms with Crippen LogP contribution in [0.2, 0.25) is 0 Å². The smallest absolute Gasteiger partial charge is 0.186 e. The summed E-state index contributed by atoms with van der Waals surface area (Å²) in [4.78, 5) is 9.12. The van der Waals surface area contributed by atoms with Gasteiger partial charge in [0.05, 0.1) is 5.69 Å². The van der Waals surface area contributed by atoms with Gasteiger partial charge in [0, 0.05) is 10.9 Å². The Labute approximate surface area is 108 Å². The van der Waals surface area contributed by atoms with Crippen LogP contribution < -0.4 is 5.73 Å². The lowest BCUT2D eigenvalue weighted by atomic mass is 10.1. The molecule has 2 N–H and O–H groups in total. The van der Waals surface area contributed by atoms with Gasteiger partial charge in [-0.25, -0.2) is 4.98 Å². The largest absolute Gasteiger partial charge is 0.388 e. The number of anilines is 1. The molecule has 0 spiro atoms. The molecule has 0 radical (unpaired) electrons. The Morgan fingerprint density at radius 1 is 1.44 bits per heavy atom. The van der Waals surface area contributed by atoms with Crippen molar-refractivity contribution in [1.29, 1.82) is 5.26 Å². The maximum Gasteiger partial charge on any atom is 0.186 e. The van der Waals surface area contributed by atoms with Crippen molar-refractivity contribution in [2.45, 2.75) is 6.61 Å². The second-order valence-electron chi connectivity index (χ2n) is 3.37. The van der Waals surface area contributed by atoms with Crippen LogP contribution >= 0.6 is 11.3 Å². The Bertz CT molecular complexity index is 586. The minimum atomic E-state index is 0.200. The Hall–Kier alpha value is -2.39. The second-order valence-corrected chi connectivity index (χ2v) is 4.26. The molecule has 5 nitrogen and oxygen atoms in total. The molecule has 0 aliphatic rings. The number of nitriles is 1. The average molecular weight is 258 g/mol. The Morgan fingerprint density at radius 3 is 2.83 bits per heavy atom. The van der Waals surface area contributed by atoms with Gasteiger partial charge >= 0.3 is 0 Å². The lowest BCUT2D eigenvalue weighted by molar-refractivity contribution is 0.129. The number of hydrogen-bond donors (Lipinski definition) is 1. The molecule has 0 saturated carbocycles. The van der Waals surface area contributed by atoms with Gasteiger partial charge in [-0.1, -0.05) is 35.5 Å².